The van der Waals surface area contributed by atoms with Crippen LogP contribution in [0.25, 0.3) is 32.7 Å². The maximum atomic E-state index is 4.64. The van der Waals surface area contributed by atoms with Crippen LogP contribution >= 0.6 is 11.6 Å². The Balaban J connectivity index is 0.000000570. The second-order valence-corrected chi connectivity index (χ2v) is 5.86. The third kappa shape index (κ3) is 3.89. The van der Waals surface area contributed by atoms with Gasteiger partial charge in [0.15, 0.2) is 11.9 Å². The monoisotopic (exact) mass is 364 g/mol. The summed E-state index contributed by atoms with van der Waals surface area (Å²) in [5.74, 6) is 0. The van der Waals surface area contributed by atoms with Gasteiger partial charge in [0.25, 0.3) is 0 Å². The molecule has 1 heterocycles. The SMILES string of the molecule is CC.CCl.Cc1cc(-c2c3ccccc3cc3ccccc23)cc[n+]1C. The first-order valence-corrected chi connectivity index (χ1v) is 9.74. The Hall–Kier alpha value is -2.38. The van der Waals surface area contributed by atoms with Gasteiger partial charge in [0, 0.05) is 25.4 Å². The highest BCUT2D eigenvalue weighted by atomic mass is 35.5. The van der Waals surface area contributed by atoms with Gasteiger partial charge in [-0.3, -0.25) is 0 Å². The highest BCUT2D eigenvalue weighted by Gasteiger charge is 2.12. The molecule has 0 aliphatic carbocycles. The second-order valence-electron chi connectivity index (χ2n) is 5.86. The van der Waals surface area contributed by atoms with Crippen LogP contribution in [-0.2, 0) is 7.05 Å². The average Bonchev–Trinajstić information content (AvgIpc) is 2.71. The molecule has 2 heteroatoms. The van der Waals surface area contributed by atoms with Gasteiger partial charge in [-0.1, -0.05) is 62.4 Å². The number of fused-ring (bicyclic) bond motifs is 2. The summed E-state index contributed by atoms with van der Waals surface area (Å²) in [6.45, 7) is 6.15. The minimum atomic E-state index is 1.26. The van der Waals surface area contributed by atoms with Gasteiger partial charge in [-0.15, -0.1) is 11.6 Å². The maximum Gasteiger partial charge on any atom is 0.178 e. The van der Waals surface area contributed by atoms with Crippen LogP contribution in [0.4, 0.5) is 0 Å². The molecule has 4 rings (SSSR count). The number of aromatic nitrogens is 1. The van der Waals surface area contributed by atoms with E-state index in [1.807, 2.05) is 13.8 Å². The van der Waals surface area contributed by atoms with Gasteiger partial charge in [-0.2, -0.15) is 0 Å². The Morgan fingerprint density at radius 1 is 0.731 bits per heavy atom. The molecule has 0 radical (unpaired) electrons. The van der Waals surface area contributed by atoms with Crippen molar-refractivity contribution >= 4 is 33.1 Å². The lowest BCUT2D eigenvalue weighted by Gasteiger charge is -2.12. The van der Waals surface area contributed by atoms with Crippen molar-refractivity contribution in [3.63, 3.8) is 0 Å². The molecule has 0 saturated heterocycles. The van der Waals surface area contributed by atoms with Gasteiger partial charge < -0.3 is 0 Å². The molecule has 0 fully saturated rings. The first-order valence-electron chi connectivity index (χ1n) is 8.99. The zero-order chi connectivity index (χ0) is 19.1. The number of benzene rings is 3. The van der Waals surface area contributed by atoms with E-state index in [0.29, 0.717) is 0 Å². The quantitative estimate of drug-likeness (QED) is 0.201. The van der Waals surface area contributed by atoms with Crippen LogP contribution in [0, 0.1) is 6.92 Å². The van der Waals surface area contributed by atoms with Gasteiger partial charge in [0.1, 0.15) is 7.05 Å². The summed E-state index contributed by atoms with van der Waals surface area (Å²) in [7, 11) is 2.08. The molecule has 0 spiro atoms. The Morgan fingerprint density at radius 2 is 1.23 bits per heavy atom. The highest BCUT2D eigenvalue weighted by Crippen LogP contribution is 2.36. The fourth-order valence-electron chi connectivity index (χ4n) is 3.16. The van der Waals surface area contributed by atoms with Crippen molar-refractivity contribution in [3.05, 3.63) is 78.6 Å². The van der Waals surface area contributed by atoms with Crippen LogP contribution in [0.3, 0.4) is 0 Å². The van der Waals surface area contributed by atoms with Gasteiger partial charge >= 0.3 is 0 Å². The van der Waals surface area contributed by atoms with Gasteiger partial charge in [-0.05, 0) is 38.7 Å². The number of nitrogens with zero attached hydrogens (tertiary/aromatic N) is 1. The zero-order valence-corrected chi connectivity index (χ0v) is 17.0. The highest BCUT2D eigenvalue weighted by molar-refractivity contribution is 6.15. The molecule has 26 heavy (non-hydrogen) atoms. The van der Waals surface area contributed by atoms with Crippen molar-refractivity contribution in [2.45, 2.75) is 20.8 Å². The molecule has 0 saturated carbocycles. The first kappa shape index (κ1) is 19.9. The molecular weight excluding hydrogens is 338 g/mol. The lowest BCUT2D eigenvalue weighted by atomic mass is 9.92. The maximum absolute atomic E-state index is 4.64. The molecule has 0 amide bonds. The molecule has 1 nitrogen and oxygen atoms in total. The van der Waals surface area contributed by atoms with E-state index in [2.05, 4.69) is 103 Å². The molecule has 134 valence electrons. The van der Waals surface area contributed by atoms with E-state index in [9.17, 15) is 0 Å². The van der Waals surface area contributed by atoms with Crippen LogP contribution in [0.1, 0.15) is 19.5 Å². The molecule has 0 unspecified atom stereocenters. The predicted molar refractivity (Wildman–Crippen MR) is 116 cm³/mol. The lowest BCUT2D eigenvalue weighted by Crippen LogP contribution is -2.30. The van der Waals surface area contributed by atoms with E-state index in [1.54, 1.807) is 0 Å². The Bertz CT molecular complexity index is 951. The van der Waals surface area contributed by atoms with E-state index >= 15 is 0 Å². The Labute approximate surface area is 161 Å². The summed E-state index contributed by atoms with van der Waals surface area (Å²) in [6, 6.07) is 24.1. The van der Waals surface area contributed by atoms with Crippen molar-refractivity contribution in [1.29, 1.82) is 0 Å². The minimum Gasteiger partial charge on any atom is -0.205 e. The molecule has 0 bridgehead atoms. The van der Waals surface area contributed by atoms with Crippen molar-refractivity contribution in [3.8, 4) is 11.1 Å². The van der Waals surface area contributed by atoms with E-state index in [1.165, 1.54) is 44.7 Å². The van der Waals surface area contributed by atoms with E-state index < -0.39 is 0 Å². The number of halogens is 1. The van der Waals surface area contributed by atoms with Crippen molar-refractivity contribution in [2.75, 3.05) is 6.38 Å². The number of pyridine rings is 1. The molecule has 3 aromatic carbocycles. The van der Waals surface area contributed by atoms with Crippen LogP contribution in [0.15, 0.2) is 72.9 Å². The van der Waals surface area contributed by atoms with Gasteiger partial charge in [-0.25, -0.2) is 4.57 Å². The molecule has 4 aromatic rings. The summed E-state index contributed by atoms with van der Waals surface area (Å²) in [6.07, 6.45) is 3.61. The Kier molecular flexibility index (Phi) is 7.17. The third-order valence-corrected chi connectivity index (χ3v) is 4.46. The fourth-order valence-corrected chi connectivity index (χ4v) is 3.16. The second kappa shape index (κ2) is 9.35. The summed E-state index contributed by atoms with van der Waals surface area (Å²) in [5, 5.41) is 5.22. The normalized spacial score (nSPS) is 9.92. The van der Waals surface area contributed by atoms with Crippen molar-refractivity contribution in [2.24, 2.45) is 7.05 Å². The first-order chi connectivity index (χ1) is 12.7. The van der Waals surface area contributed by atoms with Crippen molar-refractivity contribution < 1.29 is 4.57 Å². The summed E-state index contributed by atoms with van der Waals surface area (Å²) >= 11 is 4.64. The average molecular weight is 365 g/mol. The topological polar surface area (TPSA) is 3.88 Å². The molecule has 0 aliphatic heterocycles. The number of alkyl halides is 1. The summed E-state index contributed by atoms with van der Waals surface area (Å²) in [5.41, 5.74) is 3.87. The summed E-state index contributed by atoms with van der Waals surface area (Å²) in [4.78, 5) is 0. The van der Waals surface area contributed by atoms with Crippen LogP contribution < -0.4 is 4.57 Å². The largest absolute Gasteiger partial charge is 0.205 e. The smallest absolute Gasteiger partial charge is 0.178 e. The standard InChI is InChI=1S/C21H18N.C2H6.CH3Cl/c1-15-13-18(11-12-22(15)2)21-19-9-5-3-7-16(19)14-17-8-4-6-10-20(17)21;2*1-2/h3-14H,1-2H3;1-2H3;1H3/q+1;;. The van der Waals surface area contributed by atoms with Gasteiger partial charge in [0.05, 0.1) is 0 Å². The fraction of sp³-hybridized carbons (Fsp3) is 0.208. The van der Waals surface area contributed by atoms with E-state index in [4.69, 9.17) is 0 Å². The third-order valence-electron chi connectivity index (χ3n) is 4.46. The van der Waals surface area contributed by atoms with Gasteiger partial charge in [0.2, 0.25) is 0 Å². The van der Waals surface area contributed by atoms with E-state index in [0.717, 1.165) is 0 Å². The lowest BCUT2D eigenvalue weighted by molar-refractivity contribution is -0.677. The number of rotatable bonds is 1. The zero-order valence-electron chi connectivity index (χ0n) is 16.3. The number of aryl methyl sites for hydroxylation is 2. The Morgan fingerprint density at radius 3 is 1.73 bits per heavy atom. The van der Waals surface area contributed by atoms with E-state index in [-0.39, 0.29) is 0 Å². The summed E-state index contributed by atoms with van der Waals surface area (Å²) < 4.78 is 2.15. The van der Waals surface area contributed by atoms with Crippen molar-refractivity contribution in [1.82, 2.24) is 0 Å². The van der Waals surface area contributed by atoms with Crippen LogP contribution in [-0.4, -0.2) is 6.38 Å². The molecule has 1 aromatic heterocycles. The molecule has 0 aliphatic rings. The van der Waals surface area contributed by atoms with Crippen LogP contribution in [0.2, 0.25) is 0 Å². The predicted octanol–water partition coefficient (Wildman–Crippen LogP) is 6.67. The number of hydrogen-bond acceptors (Lipinski definition) is 0. The molecule has 0 atom stereocenters. The molecular formula is C24H27ClN+. The molecule has 0 N–H and O–H groups in total. The van der Waals surface area contributed by atoms with Crippen LogP contribution in [0.5, 0.6) is 0 Å². The number of hydrogen-bond donors (Lipinski definition) is 0. The minimum absolute atomic E-state index is 1.26.